The van der Waals surface area contributed by atoms with Gasteiger partial charge >= 0.3 is 0 Å². The Labute approximate surface area is 130 Å². The zero-order valence-electron chi connectivity index (χ0n) is 13.4. The van der Waals surface area contributed by atoms with Gasteiger partial charge in [0.05, 0.1) is 25.4 Å². The molecular weight excluding hydrogens is 289 g/mol. The van der Waals surface area contributed by atoms with E-state index in [0.717, 1.165) is 0 Å². The van der Waals surface area contributed by atoms with Gasteiger partial charge in [0.15, 0.2) is 11.6 Å². The normalized spacial score (nSPS) is 20.8. The predicted octanol–water partition coefficient (Wildman–Crippen LogP) is 2.10. The second-order valence-electron chi connectivity index (χ2n) is 5.99. The second-order valence-corrected chi connectivity index (χ2v) is 5.99. The molecule has 1 amide bonds. The van der Waals surface area contributed by atoms with Crippen molar-refractivity contribution in [2.45, 2.75) is 25.6 Å². The number of carbonyl (C=O) groups excluding carboxylic acids is 1. The van der Waals surface area contributed by atoms with E-state index < -0.39 is 11.4 Å². The van der Waals surface area contributed by atoms with E-state index in [1.807, 2.05) is 13.8 Å². The van der Waals surface area contributed by atoms with Gasteiger partial charge in [0, 0.05) is 25.8 Å². The van der Waals surface area contributed by atoms with E-state index in [4.69, 9.17) is 14.2 Å². The van der Waals surface area contributed by atoms with Crippen LogP contribution in [-0.2, 0) is 9.47 Å². The number of hydrogen-bond acceptors (Lipinski definition) is 4. The molecule has 1 aromatic carbocycles. The fraction of sp³-hybridized carbons (Fsp3) is 0.562. The quantitative estimate of drug-likeness (QED) is 0.854. The minimum atomic E-state index is -0.487. The Morgan fingerprint density at radius 3 is 2.82 bits per heavy atom. The van der Waals surface area contributed by atoms with Gasteiger partial charge in [0.2, 0.25) is 0 Å². The largest absolute Gasteiger partial charge is 0.494 e. The van der Waals surface area contributed by atoms with Gasteiger partial charge in [-0.3, -0.25) is 4.79 Å². The van der Waals surface area contributed by atoms with Crippen LogP contribution in [-0.4, -0.2) is 56.4 Å². The lowest BCUT2D eigenvalue weighted by atomic mass is 10.0. The first-order valence-electron chi connectivity index (χ1n) is 7.16. The lowest BCUT2D eigenvalue weighted by molar-refractivity contribution is -0.143. The zero-order chi connectivity index (χ0) is 16.3. The van der Waals surface area contributed by atoms with Crippen molar-refractivity contribution in [3.63, 3.8) is 0 Å². The van der Waals surface area contributed by atoms with E-state index in [-0.39, 0.29) is 17.8 Å². The molecule has 1 saturated heterocycles. The van der Waals surface area contributed by atoms with E-state index in [0.29, 0.717) is 25.3 Å². The third kappa shape index (κ3) is 3.75. The molecule has 2 rings (SSSR count). The molecule has 122 valence electrons. The average molecular weight is 311 g/mol. The molecule has 0 N–H and O–H groups in total. The summed E-state index contributed by atoms with van der Waals surface area (Å²) < 4.78 is 29.4. The summed E-state index contributed by atoms with van der Waals surface area (Å²) >= 11 is 0. The molecule has 5 nitrogen and oxygen atoms in total. The molecule has 6 heteroatoms. The second kappa shape index (κ2) is 6.62. The van der Waals surface area contributed by atoms with Crippen LogP contribution in [0.5, 0.6) is 5.75 Å². The molecule has 1 fully saturated rings. The monoisotopic (exact) mass is 311 g/mol. The van der Waals surface area contributed by atoms with Crippen LogP contribution >= 0.6 is 0 Å². The Hall–Kier alpha value is -1.66. The summed E-state index contributed by atoms with van der Waals surface area (Å²) in [5, 5.41) is 0. The first kappa shape index (κ1) is 16.7. The number of carbonyl (C=O) groups is 1. The molecule has 0 aliphatic carbocycles. The number of benzene rings is 1. The van der Waals surface area contributed by atoms with E-state index in [1.54, 1.807) is 12.0 Å². The molecule has 0 spiro atoms. The maximum Gasteiger partial charge on any atom is 0.254 e. The number of rotatable bonds is 4. The summed E-state index contributed by atoms with van der Waals surface area (Å²) in [6.45, 7) is 5.18. The highest BCUT2D eigenvalue weighted by Crippen LogP contribution is 2.24. The standard InChI is InChI=1S/C16H22FNO4/c1-16(2)10-18(8-12(22-16)9-20-3)15(19)11-5-6-13(17)14(7-11)21-4/h5-7,12H,8-10H2,1-4H3/t12-/m1/s1. The van der Waals surface area contributed by atoms with Crippen LogP contribution in [0.1, 0.15) is 24.2 Å². The number of nitrogens with zero attached hydrogens (tertiary/aromatic N) is 1. The van der Waals surface area contributed by atoms with E-state index in [1.165, 1.54) is 25.3 Å². The lowest BCUT2D eigenvalue weighted by Gasteiger charge is -2.42. The Morgan fingerprint density at radius 1 is 1.45 bits per heavy atom. The van der Waals surface area contributed by atoms with Crippen LogP contribution in [0.4, 0.5) is 4.39 Å². The van der Waals surface area contributed by atoms with Gasteiger partial charge in [-0.15, -0.1) is 0 Å². The molecular formula is C16H22FNO4. The third-order valence-corrected chi connectivity index (χ3v) is 3.52. The molecule has 1 heterocycles. The summed E-state index contributed by atoms with van der Waals surface area (Å²) in [7, 11) is 2.97. The molecule has 0 unspecified atom stereocenters. The fourth-order valence-electron chi connectivity index (χ4n) is 2.70. The van der Waals surface area contributed by atoms with E-state index >= 15 is 0 Å². The maximum atomic E-state index is 13.5. The van der Waals surface area contributed by atoms with Crippen LogP contribution in [0.15, 0.2) is 18.2 Å². The summed E-state index contributed by atoms with van der Waals surface area (Å²) in [4.78, 5) is 14.4. The maximum absolute atomic E-state index is 13.5. The van der Waals surface area contributed by atoms with Crippen LogP contribution in [0.25, 0.3) is 0 Å². The number of hydrogen-bond donors (Lipinski definition) is 0. The summed E-state index contributed by atoms with van der Waals surface area (Å²) in [6, 6.07) is 4.13. The third-order valence-electron chi connectivity index (χ3n) is 3.52. The van der Waals surface area contributed by atoms with Crippen molar-refractivity contribution in [2.24, 2.45) is 0 Å². The Kier molecular flexibility index (Phi) is 5.03. The highest BCUT2D eigenvalue weighted by atomic mass is 19.1. The molecule has 0 radical (unpaired) electrons. The van der Waals surface area contributed by atoms with Gasteiger partial charge in [-0.25, -0.2) is 4.39 Å². The van der Waals surface area contributed by atoms with Gasteiger partial charge in [-0.2, -0.15) is 0 Å². The Bertz CT molecular complexity index is 547. The Balaban J connectivity index is 2.20. The van der Waals surface area contributed by atoms with Crippen LogP contribution in [0, 0.1) is 5.82 Å². The van der Waals surface area contributed by atoms with E-state index in [2.05, 4.69) is 0 Å². The molecule has 1 aromatic rings. The minimum Gasteiger partial charge on any atom is -0.494 e. The molecule has 22 heavy (non-hydrogen) atoms. The van der Waals surface area contributed by atoms with Gasteiger partial charge in [-0.1, -0.05) is 0 Å². The van der Waals surface area contributed by atoms with Crippen molar-refractivity contribution >= 4 is 5.91 Å². The number of halogens is 1. The first-order valence-corrected chi connectivity index (χ1v) is 7.16. The number of amides is 1. The summed E-state index contributed by atoms with van der Waals surface area (Å²) in [5.41, 5.74) is -0.0616. The van der Waals surface area contributed by atoms with Crippen molar-refractivity contribution in [1.29, 1.82) is 0 Å². The molecule has 0 saturated carbocycles. The van der Waals surface area contributed by atoms with Gasteiger partial charge in [-0.05, 0) is 32.0 Å². The van der Waals surface area contributed by atoms with Crippen molar-refractivity contribution in [1.82, 2.24) is 4.90 Å². The number of methoxy groups -OCH3 is 2. The lowest BCUT2D eigenvalue weighted by Crippen LogP contribution is -2.55. The van der Waals surface area contributed by atoms with Crippen molar-refractivity contribution < 1.29 is 23.4 Å². The number of morpholine rings is 1. The average Bonchev–Trinajstić information content (AvgIpc) is 2.45. The molecule has 1 aliphatic heterocycles. The topological polar surface area (TPSA) is 48.0 Å². The van der Waals surface area contributed by atoms with Crippen LogP contribution in [0.2, 0.25) is 0 Å². The first-order chi connectivity index (χ1) is 10.4. The smallest absolute Gasteiger partial charge is 0.254 e. The van der Waals surface area contributed by atoms with E-state index in [9.17, 15) is 9.18 Å². The highest BCUT2D eigenvalue weighted by Gasteiger charge is 2.36. The minimum absolute atomic E-state index is 0.0619. The highest BCUT2D eigenvalue weighted by molar-refractivity contribution is 5.94. The van der Waals surface area contributed by atoms with Crippen molar-refractivity contribution in [2.75, 3.05) is 33.9 Å². The van der Waals surface area contributed by atoms with Gasteiger partial charge in [0.1, 0.15) is 0 Å². The molecule has 0 bridgehead atoms. The summed E-state index contributed by atoms with van der Waals surface area (Å²) in [6.07, 6.45) is -0.181. The van der Waals surface area contributed by atoms with Crippen molar-refractivity contribution in [3.05, 3.63) is 29.6 Å². The molecule has 0 aromatic heterocycles. The van der Waals surface area contributed by atoms with Gasteiger partial charge in [0.25, 0.3) is 5.91 Å². The van der Waals surface area contributed by atoms with Gasteiger partial charge < -0.3 is 19.1 Å². The zero-order valence-corrected chi connectivity index (χ0v) is 13.4. The predicted molar refractivity (Wildman–Crippen MR) is 79.7 cm³/mol. The SMILES string of the molecule is COC[C@H]1CN(C(=O)c2ccc(F)c(OC)c2)CC(C)(C)O1. The molecule has 1 atom stereocenters. The number of ether oxygens (including phenoxy) is 3. The van der Waals surface area contributed by atoms with Crippen LogP contribution < -0.4 is 4.74 Å². The Morgan fingerprint density at radius 2 is 2.18 bits per heavy atom. The van der Waals surface area contributed by atoms with Crippen LogP contribution in [0.3, 0.4) is 0 Å². The fourth-order valence-corrected chi connectivity index (χ4v) is 2.70. The molecule has 1 aliphatic rings. The van der Waals surface area contributed by atoms with Crippen molar-refractivity contribution in [3.8, 4) is 5.75 Å². The summed E-state index contributed by atoms with van der Waals surface area (Å²) in [5.74, 6) is -0.596.